The highest BCUT2D eigenvalue weighted by Crippen LogP contribution is 2.21. The normalized spacial score (nSPS) is 23.9. The number of sulfonamides is 1. The Morgan fingerprint density at radius 2 is 2.10 bits per heavy atom. The minimum absolute atomic E-state index is 0.175. The Balaban J connectivity index is 2.21. The van der Waals surface area contributed by atoms with Crippen LogP contribution in [-0.4, -0.2) is 49.4 Å². The lowest BCUT2D eigenvalue weighted by Gasteiger charge is -2.36. The molecule has 1 aliphatic heterocycles. The molecule has 0 aromatic carbocycles. The molecule has 2 N–H and O–H groups in total. The van der Waals surface area contributed by atoms with Crippen molar-refractivity contribution in [3.63, 3.8) is 0 Å². The average Bonchev–Trinajstić information content (AvgIpc) is 2.38. The zero-order chi connectivity index (χ0) is 14.8. The summed E-state index contributed by atoms with van der Waals surface area (Å²) >= 11 is 0. The standard InChI is InChI=1S/C11H17FN4O3S/c1-2-19-9-3-10(20(13,17)18)7-16(6-9)11-14-4-8(12)5-15-11/h4-5,9-10H,2-3,6-7H2,1H3,(H2,13,17,18)/t9-,10+/m0/s1. The predicted molar refractivity (Wildman–Crippen MR) is 71.1 cm³/mol. The van der Waals surface area contributed by atoms with Crippen LogP contribution in [0.1, 0.15) is 13.3 Å². The quantitative estimate of drug-likeness (QED) is 0.833. The molecule has 2 heterocycles. The number of piperidine rings is 1. The summed E-state index contributed by atoms with van der Waals surface area (Å²) in [7, 11) is -3.68. The molecule has 20 heavy (non-hydrogen) atoms. The molecule has 0 saturated carbocycles. The second kappa shape index (κ2) is 5.98. The molecule has 112 valence electrons. The van der Waals surface area contributed by atoms with Crippen molar-refractivity contribution in [2.75, 3.05) is 24.6 Å². The van der Waals surface area contributed by atoms with Gasteiger partial charge in [0.1, 0.15) is 0 Å². The topological polar surface area (TPSA) is 98.4 Å². The Bertz CT molecular complexity index is 551. The van der Waals surface area contributed by atoms with Crippen LogP contribution in [-0.2, 0) is 14.8 Å². The third-order valence-electron chi connectivity index (χ3n) is 3.13. The van der Waals surface area contributed by atoms with Gasteiger partial charge >= 0.3 is 0 Å². The molecule has 9 heteroatoms. The number of anilines is 1. The minimum Gasteiger partial charge on any atom is -0.377 e. The van der Waals surface area contributed by atoms with Crippen LogP contribution in [0, 0.1) is 5.82 Å². The van der Waals surface area contributed by atoms with E-state index in [0.717, 1.165) is 12.4 Å². The number of hydrogen-bond donors (Lipinski definition) is 1. The van der Waals surface area contributed by atoms with Crippen molar-refractivity contribution in [1.82, 2.24) is 9.97 Å². The highest BCUT2D eigenvalue weighted by Gasteiger charge is 2.35. The molecule has 0 radical (unpaired) electrons. The van der Waals surface area contributed by atoms with E-state index in [1.54, 1.807) is 4.90 Å². The van der Waals surface area contributed by atoms with Gasteiger partial charge in [-0.25, -0.2) is 27.9 Å². The molecule has 0 amide bonds. The van der Waals surface area contributed by atoms with E-state index in [2.05, 4.69) is 9.97 Å². The number of primary sulfonamides is 1. The Morgan fingerprint density at radius 3 is 2.65 bits per heavy atom. The van der Waals surface area contributed by atoms with Crippen molar-refractivity contribution in [1.29, 1.82) is 0 Å². The van der Waals surface area contributed by atoms with Gasteiger partial charge in [0.05, 0.1) is 23.7 Å². The molecule has 2 atom stereocenters. The van der Waals surface area contributed by atoms with Gasteiger partial charge in [-0.1, -0.05) is 0 Å². The zero-order valence-electron chi connectivity index (χ0n) is 11.1. The second-order valence-electron chi connectivity index (χ2n) is 4.63. The van der Waals surface area contributed by atoms with Crippen molar-refractivity contribution in [3.8, 4) is 0 Å². The fraction of sp³-hybridized carbons (Fsp3) is 0.636. The van der Waals surface area contributed by atoms with E-state index in [0.29, 0.717) is 19.6 Å². The highest BCUT2D eigenvalue weighted by molar-refractivity contribution is 7.89. The van der Waals surface area contributed by atoms with Crippen LogP contribution in [0.15, 0.2) is 12.4 Å². The van der Waals surface area contributed by atoms with E-state index in [1.165, 1.54) is 0 Å². The van der Waals surface area contributed by atoms with Gasteiger partial charge < -0.3 is 9.64 Å². The Kier molecular flexibility index (Phi) is 4.51. The Labute approximate surface area is 117 Å². The summed E-state index contributed by atoms with van der Waals surface area (Å²) in [6.45, 7) is 2.93. The number of rotatable bonds is 4. The van der Waals surface area contributed by atoms with Crippen LogP contribution < -0.4 is 10.0 Å². The lowest BCUT2D eigenvalue weighted by Crippen LogP contribution is -2.51. The highest BCUT2D eigenvalue weighted by atomic mass is 32.2. The molecule has 1 fully saturated rings. The fourth-order valence-corrected chi connectivity index (χ4v) is 3.11. The number of aromatic nitrogens is 2. The number of ether oxygens (including phenoxy) is 1. The van der Waals surface area contributed by atoms with Crippen molar-refractivity contribution >= 4 is 16.0 Å². The molecule has 1 aromatic heterocycles. The number of halogens is 1. The van der Waals surface area contributed by atoms with E-state index in [-0.39, 0.29) is 18.6 Å². The summed E-state index contributed by atoms with van der Waals surface area (Å²) in [6, 6.07) is 0. The zero-order valence-corrected chi connectivity index (χ0v) is 11.9. The fourth-order valence-electron chi connectivity index (χ4n) is 2.23. The molecular weight excluding hydrogens is 287 g/mol. The lowest BCUT2D eigenvalue weighted by molar-refractivity contribution is 0.0531. The summed E-state index contributed by atoms with van der Waals surface area (Å²) < 4.78 is 41.4. The van der Waals surface area contributed by atoms with Gasteiger partial charge in [-0.05, 0) is 13.3 Å². The first-order chi connectivity index (χ1) is 9.40. The summed E-state index contributed by atoms with van der Waals surface area (Å²) in [5.74, 6) is -0.278. The van der Waals surface area contributed by atoms with Gasteiger partial charge in [-0.3, -0.25) is 0 Å². The third kappa shape index (κ3) is 3.62. The van der Waals surface area contributed by atoms with Gasteiger partial charge in [-0.2, -0.15) is 0 Å². The van der Waals surface area contributed by atoms with Crippen molar-refractivity contribution in [2.24, 2.45) is 5.14 Å². The van der Waals surface area contributed by atoms with Gasteiger partial charge in [0.15, 0.2) is 5.82 Å². The van der Waals surface area contributed by atoms with E-state index in [9.17, 15) is 12.8 Å². The molecule has 2 rings (SSSR count). The minimum atomic E-state index is -3.68. The molecule has 0 bridgehead atoms. The maximum absolute atomic E-state index is 12.8. The first-order valence-electron chi connectivity index (χ1n) is 6.26. The Morgan fingerprint density at radius 1 is 1.45 bits per heavy atom. The molecule has 7 nitrogen and oxygen atoms in total. The maximum Gasteiger partial charge on any atom is 0.225 e. The molecule has 0 unspecified atom stereocenters. The summed E-state index contributed by atoms with van der Waals surface area (Å²) in [5.41, 5.74) is 0. The van der Waals surface area contributed by atoms with E-state index >= 15 is 0 Å². The monoisotopic (exact) mass is 304 g/mol. The van der Waals surface area contributed by atoms with Crippen LogP contribution in [0.3, 0.4) is 0 Å². The van der Waals surface area contributed by atoms with Crippen LogP contribution >= 0.6 is 0 Å². The maximum atomic E-state index is 12.8. The molecule has 1 aliphatic rings. The molecule has 1 saturated heterocycles. The SMILES string of the molecule is CCO[C@H]1C[C@@H](S(N)(=O)=O)CN(c2ncc(F)cn2)C1. The first kappa shape index (κ1) is 15.1. The van der Waals surface area contributed by atoms with Crippen LogP contribution in [0.25, 0.3) is 0 Å². The van der Waals surface area contributed by atoms with Crippen molar-refractivity contribution in [2.45, 2.75) is 24.7 Å². The van der Waals surface area contributed by atoms with Crippen LogP contribution in [0.5, 0.6) is 0 Å². The largest absolute Gasteiger partial charge is 0.377 e. The van der Waals surface area contributed by atoms with Gasteiger partial charge in [0.25, 0.3) is 0 Å². The van der Waals surface area contributed by atoms with E-state index < -0.39 is 21.1 Å². The molecule has 0 spiro atoms. The smallest absolute Gasteiger partial charge is 0.225 e. The third-order valence-corrected chi connectivity index (χ3v) is 4.40. The average molecular weight is 304 g/mol. The summed E-state index contributed by atoms with van der Waals surface area (Å²) in [4.78, 5) is 9.37. The lowest BCUT2D eigenvalue weighted by atomic mass is 10.1. The molecule has 0 aliphatic carbocycles. The van der Waals surface area contributed by atoms with Gasteiger partial charge in [0.2, 0.25) is 16.0 Å². The van der Waals surface area contributed by atoms with Gasteiger partial charge in [0, 0.05) is 19.7 Å². The predicted octanol–water partition coefficient (Wildman–Crippen LogP) is -0.112. The van der Waals surface area contributed by atoms with Crippen LogP contribution in [0.4, 0.5) is 10.3 Å². The van der Waals surface area contributed by atoms with E-state index in [4.69, 9.17) is 9.88 Å². The van der Waals surface area contributed by atoms with Crippen LogP contribution in [0.2, 0.25) is 0 Å². The van der Waals surface area contributed by atoms with Crippen molar-refractivity contribution in [3.05, 3.63) is 18.2 Å². The number of hydrogen-bond acceptors (Lipinski definition) is 6. The number of nitrogens with zero attached hydrogens (tertiary/aromatic N) is 3. The molecular formula is C11H17FN4O3S. The number of nitrogens with two attached hydrogens (primary N) is 1. The molecule has 1 aromatic rings. The first-order valence-corrected chi connectivity index (χ1v) is 7.86. The summed E-state index contributed by atoms with van der Waals surface area (Å²) in [6.07, 6.45) is 2.15. The van der Waals surface area contributed by atoms with E-state index in [1.807, 2.05) is 6.92 Å². The second-order valence-corrected chi connectivity index (χ2v) is 6.48. The van der Waals surface area contributed by atoms with Crippen molar-refractivity contribution < 1.29 is 17.5 Å². The summed E-state index contributed by atoms with van der Waals surface area (Å²) in [5, 5.41) is 4.47. The Hall–Kier alpha value is -1.32. The van der Waals surface area contributed by atoms with Gasteiger partial charge in [-0.15, -0.1) is 0 Å².